The maximum atomic E-state index is 15.3. The van der Waals surface area contributed by atoms with E-state index in [4.69, 9.17) is 9.85 Å². The number of halogens is 3. The Hall–Kier alpha value is -3.35. The number of aromatic nitrogens is 1. The van der Waals surface area contributed by atoms with Gasteiger partial charge in [0.15, 0.2) is 17.5 Å². The van der Waals surface area contributed by atoms with Gasteiger partial charge in [0.2, 0.25) is 16.0 Å². The van der Waals surface area contributed by atoms with Crippen LogP contribution in [0, 0.1) is 17.5 Å². The summed E-state index contributed by atoms with van der Waals surface area (Å²) in [5.41, 5.74) is 1.25. The smallest absolute Gasteiger partial charge is 0.274 e. The second-order valence-corrected chi connectivity index (χ2v) is 8.81. The molecule has 2 heterocycles. The Kier molecular flexibility index (Phi) is 4.59. The summed E-state index contributed by atoms with van der Waals surface area (Å²) < 4.78 is 95.3. The molecule has 13 heteroatoms. The van der Waals surface area contributed by atoms with Crippen LogP contribution < -0.4 is 15.8 Å². The van der Waals surface area contributed by atoms with Gasteiger partial charge in [-0.25, -0.2) is 35.9 Å². The molecule has 1 aliphatic heterocycles. The van der Waals surface area contributed by atoms with Gasteiger partial charge in [0.25, 0.3) is 5.91 Å². The molecule has 3 rings (SSSR count). The fourth-order valence-electron chi connectivity index (χ4n) is 3.01. The van der Waals surface area contributed by atoms with E-state index in [1.165, 1.54) is 0 Å². The highest BCUT2D eigenvalue weighted by atomic mass is 32.2. The predicted molar refractivity (Wildman–Crippen MR) is 106 cm³/mol. The van der Waals surface area contributed by atoms with Gasteiger partial charge >= 0.3 is 0 Å². The maximum Gasteiger partial charge on any atom is 0.274 e. The number of guanidine groups is 1. The van der Waals surface area contributed by atoms with Gasteiger partial charge in [0, 0.05) is 13.1 Å². The summed E-state index contributed by atoms with van der Waals surface area (Å²) in [5.74, 6) is -7.45. The van der Waals surface area contributed by atoms with Crippen molar-refractivity contribution >= 4 is 27.6 Å². The quantitative estimate of drug-likeness (QED) is 0.667. The molecule has 1 amide bonds. The van der Waals surface area contributed by atoms with Crippen LogP contribution in [0.3, 0.4) is 0 Å². The number of rotatable bonds is 4. The lowest BCUT2D eigenvalue weighted by atomic mass is 9.92. The van der Waals surface area contributed by atoms with Crippen LogP contribution in [0.5, 0.6) is 5.75 Å². The van der Waals surface area contributed by atoms with E-state index in [1.807, 2.05) is 5.32 Å². The molecule has 2 aromatic rings. The van der Waals surface area contributed by atoms with Crippen molar-refractivity contribution in [3.8, 4) is 5.75 Å². The molecule has 0 bridgehead atoms. The van der Waals surface area contributed by atoms with Crippen molar-refractivity contribution in [1.82, 2.24) is 9.29 Å². The van der Waals surface area contributed by atoms with Crippen LogP contribution >= 0.6 is 0 Å². The van der Waals surface area contributed by atoms with Gasteiger partial charge in [-0.1, -0.05) is 0 Å². The lowest BCUT2D eigenvalue weighted by Crippen LogP contribution is -2.50. The molecule has 1 aliphatic rings. The molecular formula is C18H18F3N5O4S. The number of ether oxygens (including phenoxy) is 1. The largest absolute Gasteiger partial charge is 0.495 e. The van der Waals surface area contributed by atoms with E-state index in [9.17, 15) is 22.0 Å². The highest BCUT2D eigenvalue weighted by Gasteiger charge is 2.44. The van der Waals surface area contributed by atoms with E-state index in [1.54, 1.807) is 0 Å². The summed E-state index contributed by atoms with van der Waals surface area (Å²) >= 11 is 0. The van der Waals surface area contributed by atoms with Crippen molar-refractivity contribution < 1.29 is 35.2 Å². The van der Waals surface area contributed by atoms with E-state index in [2.05, 4.69) is 14.7 Å². The second-order valence-electron chi connectivity index (χ2n) is 6.81. The van der Waals surface area contributed by atoms with E-state index in [0.717, 1.165) is 32.3 Å². The Labute approximate surface area is 180 Å². The third-order valence-corrected chi connectivity index (χ3v) is 6.54. The topological polar surface area (TPSA) is 127 Å². The first-order valence-corrected chi connectivity index (χ1v) is 10.1. The summed E-state index contributed by atoms with van der Waals surface area (Å²) in [4.78, 5) is 20.0. The molecule has 166 valence electrons. The van der Waals surface area contributed by atoms with Crippen molar-refractivity contribution in [2.24, 2.45) is 10.7 Å². The summed E-state index contributed by atoms with van der Waals surface area (Å²) in [5, 5.41) is 2.03. The number of benzene rings is 1. The molecule has 0 fully saturated rings. The van der Waals surface area contributed by atoms with Gasteiger partial charge in [0.1, 0.15) is 17.0 Å². The molecule has 0 saturated heterocycles. The highest BCUT2D eigenvalue weighted by molar-refractivity contribution is 7.89. The van der Waals surface area contributed by atoms with Gasteiger partial charge in [-0.05, 0) is 19.1 Å². The minimum atomic E-state index is -4.14. The summed E-state index contributed by atoms with van der Waals surface area (Å²) in [6, 6.07) is 2.55. The number of carbonyl (C=O) groups is 1. The summed E-state index contributed by atoms with van der Waals surface area (Å²) in [6.45, 7) is 1.06. The Morgan fingerprint density at radius 1 is 1.35 bits per heavy atom. The fourth-order valence-corrected chi connectivity index (χ4v) is 4.45. The van der Waals surface area contributed by atoms with Crippen molar-refractivity contribution in [3.63, 3.8) is 0 Å². The second kappa shape index (κ2) is 7.72. The minimum Gasteiger partial charge on any atom is -0.495 e. The average Bonchev–Trinajstić information content (AvgIpc) is 2.69. The van der Waals surface area contributed by atoms with Crippen molar-refractivity contribution in [3.05, 3.63) is 53.1 Å². The molecule has 0 unspecified atom stereocenters. The van der Waals surface area contributed by atoms with Crippen LogP contribution in [0.4, 0.5) is 18.9 Å². The highest BCUT2D eigenvalue weighted by Crippen LogP contribution is 2.38. The first kappa shape index (κ1) is 18.4. The number of amides is 1. The van der Waals surface area contributed by atoms with Crippen molar-refractivity contribution in [2.75, 3.05) is 25.2 Å². The van der Waals surface area contributed by atoms with Gasteiger partial charge in [-0.3, -0.25) is 4.79 Å². The van der Waals surface area contributed by atoms with Gasteiger partial charge in [0.05, 0.1) is 34.4 Å². The normalized spacial score (nSPS) is 22.0. The van der Waals surface area contributed by atoms with Crippen LogP contribution in [0.15, 0.2) is 29.4 Å². The third-order valence-electron chi connectivity index (χ3n) is 4.59. The lowest BCUT2D eigenvalue weighted by molar-refractivity contribution is 0.102. The molecule has 0 radical (unpaired) electrons. The molecule has 0 aliphatic carbocycles. The molecule has 1 aromatic heterocycles. The maximum absolute atomic E-state index is 15.3. The first-order chi connectivity index (χ1) is 15.5. The Morgan fingerprint density at radius 3 is 2.65 bits per heavy atom. The van der Waals surface area contributed by atoms with Crippen molar-refractivity contribution in [2.45, 2.75) is 12.5 Å². The Bertz CT molecular complexity index is 1290. The number of hydrogen-bond acceptors (Lipinski definition) is 7. The van der Waals surface area contributed by atoms with E-state index in [-0.39, 0.29) is 11.4 Å². The van der Waals surface area contributed by atoms with Crippen LogP contribution in [0.1, 0.15) is 27.1 Å². The van der Waals surface area contributed by atoms with Crippen molar-refractivity contribution in [1.29, 1.82) is 0 Å². The number of hydrogen-bond donors (Lipinski definition) is 2. The zero-order valence-corrected chi connectivity index (χ0v) is 16.9. The summed E-state index contributed by atoms with van der Waals surface area (Å²) in [7, 11) is -5.79. The average molecular weight is 460 g/mol. The Balaban J connectivity index is 1.99. The Morgan fingerprint density at radius 2 is 2.06 bits per heavy atom. The first-order valence-electron chi connectivity index (χ1n) is 10.0. The van der Waals surface area contributed by atoms with E-state index < -0.39 is 68.9 Å². The number of anilines is 1. The number of sulfonamides is 1. The third kappa shape index (κ3) is 4.00. The monoisotopic (exact) mass is 460 g/mol. The lowest BCUT2D eigenvalue weighted by Gasteiger charge is -2.35. The molecule has 31 heavy (non-hydrogen) atoms. The molecule has 1 atom stereocenters. The van der Waals surface area contributed by atoms with Gasteiger partial charge < -0.3 is 15.8 Å². The van der Waals surface area contributed by atoms with E-state index in [0.29, 0.717) is 10.4 Å². The molecule has 3 N–H and O–H groups in total. The van der Waals surface area contributed by atoms with Crippen LogP contribution in [-0.4, -0.2) is 49.4 Å². The fraction of sp³-hybridized carbons (Fsp3) is 0.278. The number of nitrogens with two attached hydrogens (primary N) is 1. The molecule has 0 saturated carbocycles. The SMILES string of the molecule is [2H]C([2H])([2H])Oc1ccc(C(=O)Nc2cc(F)c(F)c([C@]3(C)CS(=O)(=O)N(C)C(N)=N3)c2F)nc1. The minimum absolute atomic E-state index is 0.176. The number of methoxy groups -OCH3 is 1. The number of nitrogens with zero attached hydrogens (tertiary/aromatic N) is 3. The van der Waals surface area contributed by atoms with Gasteiger partial charge in [-0.2, -0.15) is 0 Å². The molecular weight excluding hydrogens is 439 g/mol. The van der Waals surface area contributed by atoms with Crippen LogP contribution in [0.25, 0.3) is 0 Å². The summed E-state index contributed by atoms with van der Waals surface area (Å²) in [6.07, 6.45) is 0.927. The number of aliphatic imine (C=N–C) groups is 1. The van der Waals surface area contributed by atoms with Gasteiger partial charge in [-0.15, -0.1) is 0 Å². The standard InChI is InChI=1S/C18H18F3N5O4S/c1-18(8-31(28,29)26(2)17(22)25-18)13-14(20)10(19)6-12(15(13)21)24-16(27)11-5-4-9(30-3)7-23-11/h4-7H,8H2,1-3H3,(H2,22,25)(H,24,27)/t18-/m0/s1/i3D3. The van der Waals surface area contributed by atoms with E-state index >= 15 is 4.39 Å². The zero-order chi connectivity index (χ0) is 25.6. The molecule has 9 nitrogen and oxygen atoms in total. The molecule has 0 spiro atoms. The number of carbonyl (C=O) groups excluding carboxylic acids is 1. The predicted octanol–water partition coefficient (Wildman–Crippen LogP) is 1.56. The van der Waals surface area contributed by atoms with Crippen LogP contribution in [0.2, 0.25) is 0 Å². The molecule has 1 aromatic carbocycles. The zero-order valence-electron chi connectivity index (χ0n) is 19.1. The van der Waals surface area contributed by atoms with Crippen LogP contribution in [-0.2, 0) is 15.6 Å². The number of pyridine rings is 1. The number of nitrogens with one attached hydrogen (secondary N) is 1.